The fraction of sp³-hybridized carbons (Fsp3) is 0.0227. The maximum Gasteiger partial charge on any atom is 0.132 e. The molecule has 9 rings (SSSR count). The zero-order chi connectivity index (χ0) is 30.7. The molecule has 0 bridgehead atoms. The van der Waals surface area contributed by atoms with Gasteiger partial charge in [-0.25, -0.2) is 0 Å². The van der Waals surface area contributed by atoms with Crippen LogP contribution in [-0.4, -0.2) is 0 Å². The summed E-state index contributed by atoms with van der Waals surface area (Å²) in [4.78, 5) is 0. The van der Waals surface area contributed by atoms with E-state index in [1.807, 2.05) is 24.3 Å². The molecule has 0 saturated carbocycles. The Kier molecular flexibility index (Phi) is 5.82. The molecule has 1 aliphatic carbocycles. The fourth-order valence-corrected chi connectivity index (χ4v) is 7.69. The molecule has 1 heterocycles. The standard InChI is InChI=1S/C44H27NO/c45-28-29-21-23-30(24-22-29)32-11-1-3-13-34(32)35-14-4-2-12-33(35)31-25-26-43-41(27-31)44(40-19-9-10-20-42(40)46-43)38-17-7-5-15-36(38)37-16-6-8-18-39(37)44/h1-27H. The van der Waals surface area contributed by atoms with E-state index in [0.29, 0.717) is 5.56 Å². The van der Waals surface area contributed by atoms with Gasteiger partial charge in [-0.05, 0) is 86.0 Å². The van der Waals surface area contributed by atoms with Gasteiger partial charge < -0.3 is 4.74 Å². The average Bonchev–Trinajstić information content (AvgIpc) is 3.42. The van der Waals surface area contributed by atoms with E-state index >= 15 is 0 Å². The van der Waals surface area contributed by atoms with Crippen LogP contribution in [0.5, 0.6) is 11.5 Å². The van der Waals surface area contributed by atoms with Gasteiger partial charge in [-0.2, -0.15) is 5.26 Å². The summed E-state index contributed by atoms with van der Waals surface area (Å²) in [5.41, 5.74) is 14.4. The summed E-state index contributed by atoms with van der Waals surface area (Å²) in [6.07, 6.45) is 0. The van der Waals surface area contributed by atoms with Crippen molar-refractivity contribution in [3.8, 4) is 62.1 Å². The first kappa shape index (κ1) is 26.3. The summed E-state index contributed by atoms with van der Waals surface area (Å²) in [6.45, 7) is 0. The zero-order valence-electron chi connectivity index (χ0n) is 24.9. The van der Waals surface area contributed by atoms with E-state index in [0.717, 1.165) is 56.0 Å². The number of hydrogen-bond acceptors (Lipinski definition) is 2. The monoisotopic (exact) mass is 585 g/mol. The normalized spacial score (nSPS) is 13.1. The van der Waals surface area contributed by atoms with Crippen LogP contribution >= 0.6 is 0 Å². The van der Waals surface area contributed by atoms with Crippen molar-refractivity contribution in [3.05, 3.63) is 192 Å². The van der Waals surface area contributed by atoms with E-state index in [1.54, 1.807) is 0 Å². The van der Waals surface area contributed by atoms with Crippen LogP contribution in [0.15, 0.2) is 164 Å². The van der Waals surface area contributed by atoms with Gasteiger partial charge in [-0.15, -0.1) is 0 Å². The minimum absolute atomic E-state index is 0.511. The van der Waals surface area contributed by atoms with Crippen molar-refractivity contribution in [2.75, 3.05) is 0 Å². The summed E-state index contributed by atoms with van der Waals surface area (Å²) in [6, 6.07) is 60.1. The van der Waals surface area contributed by atoms with Gasteiger partial charge >= 0.3 is 0 Å². The molecule has 0 radical (unpaired) electrons. The van der Waals surface area contributed by atoms with Gasteiger partial charge in [0.2, 0.25) is 0 Å². The molecule has 0 unspecified atom stereocenters. The first-order valence-corrected chi connectivity index (χ1v) is 15.6. The largest absolute Gasteiger partial charge is 0.457 e. The molecule has 46 heavy (non-hydrogen) atoms. The Labute approximate surface area is 268 Å². The molecular weight excluding hydrogens is 558 g/mol. The van der Waals surface area contributed by atoms with Gasteiger partial charge in [0.1, 0.15) is 11.5 Å². The Balaban J connectivity index is 1.29. The Morgan fingerprint density at radius 1 is 0.391 bits per heavy atom. The second-order valence-corrected chi connectivity index (χ2v) is 11.9. The third-order valence-corrected chi connectivity index (χ3v) is 9.63. The fourth-order valence-electron chi connectivity index (χ4n) is 7.69. The Morgan fingerprint density at radius 2 is 0.848 bits per heavy atom. The number of para-hydroxylation sites is 1. The van der Waals surface area contributed by atoms with Crippen LogP contribution in [0.2, 0.25) is 0 Å². The first-order valence-electron chi connectivity index (χ1n) is 15.6. The lowest BCUT2D eigenvalue weighted by Gasteiger charge is -2.39. The maximum absolute atomic E-state index is 9.36. The van der Waals surface area contributed by atoms with Gasteiger partial charge in [0.25, 0.3) is 0 Å². The highest BCUT2D eigenvalue weighted by Crippen LogP contribution is 2.62. The second kappa shape index (κ2) is 10.2. The molecule has 7 aromatic carbocycles. The highest BCUT2D eigenvalue weighted by Gasteiger charge is 2.51. The number of benzene rings is 7. The van der Waals surface area contributed by atoms with Gasteiger partial charge in [-0.1, -0.05) is 133 Å². The molecule has 1 aliphatic heterocycles. The lowest BCUT2D eigenvalue weighted by molar-refractivity contribution is 0.436. The topological polar surface area (TPSA) is 33.0 Å². The number of fused-ring (bicyclic) bond motifs is 9. The van der Waals surface area contributed by atoms with Gasteiger partial charge in [0, 0.05) is 11.1 Å². The molecule has 2 nitrogen and oxygen atoms in total. The molecule has 0 amide bonds. The predicted molar refractivity (Wildman–Crippen MR) is 185 cm³/mol. The van der Waals surface area contributed by atoms with Crippen molar-refractivity contribution in [1.82, 2.24) is 0 Å². The van der Waals surface area contributed by atoms with E-state index in [1.165, 1.54) is 22.3 Å². The Hall–Kier alpha value is -6.17. The van der Waals surface area contributed by atoms with E-state index in [9.17, 15) is 5.26 Å². The summed E-state index contributed by atoms with van der Waals surface area (Å²) in [7, 11) is 0. The summed E-state index contributed by atoms with van der Waals surface area (Å²) in [5, 5.41) is 9.36. The van der Waals surface area contributed by atoms with E-state index in [4.69, 9.17) is 4.74 Å². The number of hydrogen-bond donors (Lipinski definition) is 0. The SMILES string of the molecule is N#Cc1ccc(-c2ccccc2-c2ccccc2-c2ccc3c(c2)C2(c4ccccc4O3)c3ccccc3-c3ccccc32)cc1. The maximum atomic E-state index is 9.36. The molecular formula is C44H27NO. The second-order valence-electron chi connectivity index (χ2n) is 11.9. The molecule has 214 valence electrons. The van der Waals surface area contributed by atoms with Crippen LogP contribution in [0, 0.1) is 11.3 Å². The van der Waals surface area contributed by atoms with Crippen LogP contribution in [0.3, 0.4) is 0 Å². The minimum atomic E-state index is -0.511. The summed E-state index contributed by atoms with van der Waals surface area (Å²) < 4.78 is 6.67. The number of nitriles is 1. The molecule has 0 N–H and O–H groups in total. The molecule has 0 fully saturated rings. The van der Waals surface area contributed by atoms with E-state index in [-0.39, 0.29) is 0 Å². The molecule has 0 aromatic heterocycles. The summed E-state index contributed by atoms with van der Waals surface area (Å²) >= 11 is 0. The molecule has 0 saturated heterocycles. The zero-order valence-corrected chi connectivity index (χ0v) is 24.9. The quantitative estimate of drug-likeness (QED) is 0.207. The molecule has 1 spiro atoms. The summed E-state index contributed by atoms with van der Waals surface area (Å²) in [5.74, 6) is 1.77. The van der Waals surface area contributed by atoms with Crippen LogP contribution in [0.1, 0.15) is 27.8 Å². The van der Waals surface area contributed by atoms with Crippen LogP contribution in [0.4, 0.5) is 0 Å². The molecule has 7 aromatic rings. The van der Waals surface area contributed by atoms with E-state index in [2.05, 4.69) is 146 Å². The first-order chi connectivity index (χ1) is 22.8. The van der Waals surface area contributed by atoms with Gasteiger partial charge in [0.15, 0.2) is 0 Å². The highest BCUT2D eigenvalue weighted by molar-refractivity contribution is 5.93. The van der Waals surface area contributed by atoms with Crippen LogP contribution in [-0.2, 0) is 5.41 Å². The molecule has 2 aliphatic rings. The smallest absolute Gasteiger partial charge is 0.132 e. The number of nitrogens with zero attached hydrogens (tertiary/aromatic N) is 1. The third kappa shape index (κ3) is 3.70. The number of rotatable bonds is 3. The minimum Gasteiger partial charge on any atom is -0.457 e. The predicted octanol–water partition coefficient (Wildman–Crippen LogP) is 11.0. The van der Waals surface area contributed by atoms with Crippen LogP contribution < -0.4 is 4.74 Å². The van der Waals surface area contributed by atoms with Crippen molar-refractivity contribution in [2.24, 2.45) is 0 Å². The lowest BCUT2D eigenvalue weighted by Crippen LogP contribution is -2.32. The third-order valence-electron chi connectivity index (χ3n) is 9.63. The Bertz CT molecular complexity index is 2310. The Morgan fingerprint density at radius 3 is 1.46 bits per heavy atom. The van der Waals surface area contributed by atoms with Crippen molar-refractivity contribution < 1.29 is 4.74 Å². The van der Waals surface area contributed by atoms with Gasteiger partial charge in [-0.3, -0.25) is 0 Å². The van der Waals surface area contributed by atoms with E-state index < -0.39 is 5.41 Å². The van der Waals surface area contributed by atoms with Crippen molar-refractivity contribution in [2.45, 2.75) is 5.41 Å². The molecule has 0 atom stereocenters. The van der Waals surface area contributed by atoms with Crippen molar-refractivity contribution in [3.63, 3.8) is 0 Å². The van der Waals surface area contributed by atoms with Crippen LogP contribution in [0.25, 0.3) is 44.5 Å². The average molecular weight is 586 g/mol. The number of ether oxygens (including phenoxy) is 1. The molecule has 2 heteroatoms. The van der Waals surface area contributed by atoms with Crippen molar-refractivity contribution >= 4 is 0 Å². The highest BCUT2D eigenvalue weighted by atomic mass is 16.5. The lowest BCUT2D eigenvalue weighted by atomic mass is 9.65. The van der Waals surface area contributed by atoms with Crippen molar-refractivity contribution in [1.29, 1.82) is 5.26 Å². The van der Waals surface area contributed by atoms with Gasteiger partial charge in [0.05, 0.1) is 17.0 Å².